The molecule has 38 heavy (non-hydrogen) atoms. The van der Waals surface area contributed by atoms with Gasteiger partial charge in [-0.3, -0.25) is 10.4 Å². The molecule has 0 bridgehead atoms. The van der Waals surface area contributed by atoms with Crippen LogP contribution in [0.2, 0.25) is 0 Å². The van der Waals surface area contributed by atoms with E-state index in [9.17, 15) is 13.5 Å². The highest BCUT2D eigenvalue weighted by Gasteiger charge is 2.16. The summed E-state index contributed by atoms with van der Waals surface area (Å²) in [6, 6.07) is 17.2. The van der Waals surface area contributed by atoms with E-state index in [1.165, 1.54) is 6.07 Å². The quantitative estimate of drug-likeness (QED) is 0.153. The maximum atomic E-state index is 11.9. The lowest BCUT2D eigenvalue weighted by Gasteiger charge is -2.17. The molecule has 0 radical (unpaired) electrons. The van der Waals surface area contributed by atoms with E-state index in [4.69, 9.17) is 21.0 Å². The molecule has 196 valence electrons. The molecule has 10 nitrogen and oxygen atoms in total. The highest BCUT2D eigenvalue weighted by atomic mass is 32.2. The largest absolute Gasteiger partial charge is 0.487 e. The van der Waals surface area contributed by atoms with Crippen molar-refractivity contribution in [1.82, 2.24) is 9.97 Å². The summed E-state index contributed by atoms with van der Waals surface area (Å²) in [6.07, 6.45) is 3.24. The Kier molecular flexibility index (Phi) is 8.01. The van der Waals surface area contributed by atoms with Gasteiger partial charge in [-0.05, 0) is 42.3 Å². The van der Waals surface area contributed by atoms with Gasteiger partial charge in [-0.2, -0.15) is 0 Å². The third-order valence-corrected chi connectivity index (χ3v) is 6.88. The van der Waals surface area contributed by atoms with Crippen LogP contribution in [0.3, 0.4) is 0 Å². The van der Waals surface area contributed by atoms with Crippen LogP contribution in [0, 0.1) is 12.3 Å². The van der Waals surface area contributed by atoms with E-state index < -0.39 is 10.0 Å². The molecule has 0 aliphatic heterocycles. The van der Waals surface area contributed by atoms with Crippen molar-refractivity contribution in [1.29, 1.82) is 5.41 Å². The first-order valence-corrected chi connectivity index (χ1v) is 13.2. The lowest BCUT2D eigenvalue weighted by atomic mass is 10.1. The van der Waals surface area contributed by atoms with Crippen LogP contribution in [0.25, 0.3) is 11.1 Å². The lowest BCUT2D eigenvalue weighted by Crippen LogP contribution is -2.13. The van der Waals surface area contributed by atoms with Crippen molar-refractivity contribution in [3.63, 3.8) is 0 Å². The molecule has 0 aliphatic rings. The first-order chi connectivity index (χ1) is 18.2. The zero-order chi connectivity index (χ0) is 27.3. The fraction of sp³-hybridized carbons (Fsp3) is 0.148. The summed E-state index contributed by atoms with van der Waals surface area (Å²) in [6.45, 7) is 2.09. The van der Waals surface area contributed by atoms with Crippen molar-refractivity contribution in [2.75, 3.05) is 5.32 Å². The van der Waals surface area contributed by atoms with Gasteiger partial charge in [-0.15, -0.1) is 0 Å². The zero-order valence-corrected chi connectivity index (χ0v) is 21.5. The second-order valence-electron chi connectivity index (χ2n) is 8.56. The predicted octanol–water partition coefficient (Wildman–Crippen LogP) is 3.07. The standard InChI is InChI=1S/C27H28N6O4S/c1-17-26(37-16-18-5-4-6-19(11-18)27(28)29)23(15-34)21(13-31-17)14-33-25-10-9-20(12-32-25)22-7-2-3-8-24(22)38(30,35)36/h2-13,34H,14-16H2,1H3,(H3,28,29)(H,32,33)(H2,30,35,36). The molecule has 2 heterocycles. The molecular formula is C27H28N6O4S. The third kappa shape index (κ3) is 6.14. The van der Waals surface area contributed by atoms with Crippen LogP contribution in [0.1, 0.15) is 27.9 Å². The summed E-state index contributed by atoms with van der Waals surface area (Å²) >= 11 is 0. The van der Waals surface area contributed by atoms with E-state index >= 15 is 0 Å². The molecule has 0 aliphatic carbocycles. The average Bonchev–Trinajstić information content (AvgIpc) is 2.91. The van der Waals surface area contributed by atoms with Gasteiger partial charge in [0.2, 0.25) is 10.0 Å². The summed E-state index contributed by atoms with van der Waals surface area (Å²) in [5.74, 6) is 1.02. The molecule has 0 saturated heterocycles. The SMILES string of the molecule is Cc1ncc(CNc2ccc(-c3ccccc3S(N)(=O)=O)cn2)c(CO)c1OCc1cccc(C(=N)N)c1. The highest BCUT2D eigenvalue weighted by molar-refractivity contribution is 7.89. The third-order valence-electron chi connectivity index (χ3n) is 5.91. The number of sulfonamides is 1. The van der Waals surface area contributed by atoms with E-state index in [2.05, 4.69) is 15.3 Å². The number of nitrogens with two attached hydrogens (primary N) is 2. The second-order valence-corrected chi connectivity index (χ2v) is 10.1. The number of amidine groups is 1. The Morgan fingerprint density at radius 2 is 1.87 bits per heavy atom. The van der Waals surface area contributed by atoms with Crippen LogP contribution in [0.5, 0.6) is 5.75 Å². The van der Waals surface area contributed by atoms with Gasteiger partial charge in [-0.1, -0.05) is 36.4 Å². The number of aliphatic hydroxyl groups excluding tert-OH is 1. The number of primary sulfonamides is 1. The molecule has 0 fully saturated rings. The van der Waals surface area contributed by atoms with Crippen molar-refractivity contribution < 1.29 is 18.3 Å². The van der Waals surface area contributed by atoms with Gasteiger partial charge in [-0.25, -0.2) is 18.5 Å². The number of anilines is 1. The molecule has 11 heteroatoms. The van der Waals surface area contributed by atoms with Crippen LogP contribution in [-0.2, 0) is 29.8 Å². The molecule has 2 aromatic carbocycles. The van der Waals surface area contributed by atoms with E-state index in [1.807, 2.05) is 6.07 Å². The van der Waals surface area contributed by atoms with Crippen LogP contribution < -0.4 is 20.9 Å². The van der Waals surface area contributed by atoms with Gasteiger partial charge < -0.3 is 20.9 Å². The minimum atomic E-state index is -3.88. The minimum absolute atomic E-state index is 0.0240. The normalized spacial score (nSPS) is 11.2. The number of ether oxygens (including phenoxy) is 1. The van der Waals surface area contributed by atoms with Crippen LogP contribution in [0.4, 0.5) is 5.82 Å². The van der Waals surface area contributed by atoms with E-state index in [-0.39, 0.29) is 23.9 Å². The Labute approximate surface area is 220 Å². The zero-order valence-electron chi connectivity index (χ0n) is 20.7. The molecule has 7 N–H and O–H groups in total. The fourth-order valence-corrected chi connectivity index (χ4v) is 4.73. The summed E-state index contributed by atoms with van der Waals surface area (Å²) in [5.41, 5.74) is 10.1. The number of rotatable bonds is 10. The number of hydrogen-bond donors (Lipinski definition) is 5. The van der Waals surface area contributed by atoms with Gasteiger partial charge >= 0.3 is 0 Å². The summed E-state index contributed by atoms with van der Waals surface area (Å²) in [7, 11) is -3.88. The first-order valence-electron chi connectivity index (χ1n) is 11.6. The Bertz CT molecular complexity index is 1570. The monoisotopic (exact) mass is 532 g/mol. The van der Waals surface area contributed by atoms with E-state index in [1.54, 1.807) is 67.8 Å². The van der Waals surface area contributed by atoms with Crippen LogP contribution in [0.15, 0.2) is 78.0 Å². The van der Waals surface area contributed by atoms with E-state index in [0.29, 0.717) is 46.1 Å². The number of hydrogen-bond acceptors (Lipinski definition) is 8. The van der Waals surface area contributed by atoms with Crippen molar-refractivity contribution >= 4 is 21.7 Å². The Hall–Kier alpha value is -4.32. The maximum Gasteiger partial charge on any atom is 0.238 e. The molecule has 2 aromatic heterocycles. The van der Waals surface area contributed by atoms with Crippen LogP contribution >= 0.6 is 0 Å². The number of aliphatic hydroxyl groups is 1. The van der Waals surface area contributed by atoms with Crippen molar-refractivity contribution in [2.45, 2.75) is 31.6 Å². The molecule has 0 unspecified atom stereocenters. The molecule has 4 aromatic rings. The minimum Gasteiger partial charge on any atom is -0.487 e. The predicted molar refractivity (Wildman–Crippen MR) is 145 cm³/mol. The highest BCUT2D eigenvalue weighted by Crippen LogP contribution is 2.29. The number of aromatic nitrogens is 2. The Morgan fingerprint density at radius 3 is 2.55 bits per heavy atom. The molecule has 0 atom stereocenters. The number of nitrogens with zero attached hydrogens (tertiary/aromatic N) is 2. The van der Waals surface area contributed by atoms with E-state index in [0.717, 1.165) is 11.1 Å². The Balaban J connectivity index is 1.50. The van der Waals surface area contributed by atoms with Crippen LogP contribution in [-0.4, -0.2) is 29.3 Å². The number of benzene rings is 2. The van der Waals surface area contributed by atoms with Crippen molar-refractivity contribution in [3.8, 4) is 16.9 Å². The van der Waals surface area contributed by atoms with Gasteiger partial charge in [0.05, 0.1) is 17.2 Å². The summed E-state index contributed by atoms with van der Waals surface area (Å²) < 4.78 is 29.9. The van der Waals surface area contributed by atoms with Crippen molar-refractivity contribution in [3.05, 3.63) is 101 Å². The first kappa shape index (κ1) is 26.7. The number of pyridine rings is 2. The molecular weight excluding hydrogens is 504 g/mol. The summed E-state index contributed by atoms with van der Waals surface area (Å²) in [5, 5.41) is 26.3. The lowest BCUT2D eigenvalue weighted by molar-refractivity contribution is 0.256. The van der Waals surface area contributed by atoms with Gasteiger partial charge in [0.15, 0.2) is 0 Å². The summed E-state index contributed by atoms with van der Waals surface area (Å²) in [4.78, 5) is 8.85. The second kappa shape index (κ2) is 11.4. The number of aryl methyl sites for hydroxylation is 1. The molecule has 0 amide bonds. The number of nitrogens with one attached hydrogen (secondary N) is 2. The fourth-order valence-electron chi connectivity index (χ4n) is 3.97. The van der Waals surface area contributed by atoms with Gasteiger partial charge in [0, 0.05) is 41.2 Å². The molecule has 0 saturated carbocycles. The smallest absolute Gasteiger partial charge is 0.238 e. The molecule has 4 rings (SSSR count). The average molecular weight is 533 g/mol. The van der Waals surface area contributed by atoms with Crippen molar-refractivity contribution in [2.24, 2.45) is 10.9 Å². The maximum absolute atomic E-state index is 11.9. The van der Waals surface area contributed by atoms with Gasteiger partial charge in [0.25, 0.3) is 0 Å². The Morgan fingerprint density at radius 1 is 1.08 bits per heavy atom. The topological polar surface area (TPSA) is 177 Å². The van der Waals surface area contributed by atoms with Gasteiger partial charge in [0.1, 0.15) is 24.0 Å². The molecule has 0 spiro atoms. The number of nitrogen functional groups attached to an aromatic ring is 1.